The van der Waals surface area contributed by atoms with Gasteiger partial charge in [0.2, 0.25) is 0 Å². The zero-order valence-electron chi connectivity index (χ0n) is 10.3. The summed E-state index contributed by atoms with van der Waals surface area (Å²) in [4.78, 5) is 3.74. The summed E-state index contributed by atoms with van der Waals surface area (Å²) in [6.45, 7) is 1.91. The van der Waals surface area contributed by atoms with Crippen molar-refractivity contribution in [2.24, 2.45) is 11.7 Å². The Morgan fingerprint density at radius 2 is 2.24 bits per heavy atom. The van der Waals surface area contributed by atoms with Crippen LogP contribution in [0.15, 0.2) is 27.6 Å². The SMILES string of the molecule is CSc1cc(Br)cc(C2CC(CN)CN2C)c1. The van der Waals surface area contributed by atoms with Crippen molar-refractivity contribution in [3.8, 4) is 0 Å². The van der Waals surface area contributed by atoms with Crippen LogP contribution < -0.4 is 5.73 Å². The first kappa shape index (κ1) is 13.4. The average Bonchev–Trinajstić information content (AvgIpc) is 2.69. The van der Waals surface area contributed by atoms with Crippen molar-refractivity contribution in [1.82, 2.24) is 4.90 Å². The van der Waals surface area contributed by atoms with Crippen LogP contribution in [0.25, 0.3) is 0 Å². The van der Waals surface area contributed by atoms with Gasteiger partial charge in [-0.25, -0.2) is 0 Å². The lowest BCUT2D eigenvalue weighted by Crippen LogP contribution is -2.20. The zero-order valence-corrected chi connectivity index (χ0v) is 12.7. The van der Waals surface area contributed by atoms with Gasteiger partial charge in [-0.2, -0.15) is 0 Å². The fourth-order valence-electron chi connectivity index (χ4n) is 2.56. The van der Waals surface area contributed by atoms with Crippen LogP contribution in [0, 0.1) is 5.92 Å². The molecule has 2 unspecified atom stereocenters. The molecule has 2 rings (SSSR count). The van der Waals surface area contributed by atoms with E-state index in [0.29, 0.717) is 12.0 Å². The third-order valence-electron chi connectivity index (χ3n) is 3.48. The lowest BCUT2D eigenvalue weighted by Gasteiger charge is -2.20. The summed E-state index contributed by atoms with van der Waals surface area (Å²) in [5, 5.41) is 0. The smallest absolute Gasteiger partial charge is 0.0349 e. The number of halogens is 1. The predicted molar refractivity (Wildman–Crippen MR) is 78.5 cm³/mol. The van der Waals surface area contributed by atoms with Crippen molar-refractivity contribution in [2.75, 3.05) is 26.4 Å². The molecule has 0 spiro atoms. The third kappa shape index (κ3) is 3.05. The van der Waals surface area contributed by atoms with Crippen LogP contribution in [-0.4, -0.2) is 31.3 Å². The molecule has 0 aliphatic carbocycles. The highest BCUT2D eigenvalue weighted by atomic mass is 79.9. The molecule has 94 valence electrons. The number of likely N-dealkylation sites (tertiary alicyclic amines) is 1. The highest BCUT2D eigenvalue weighted by Crippen LogP contribution is 2.36. The topological polar surface area (TPSA) is 29.3 Å². The molecular formula is C13H19BrN2S. The van der Waals surface area contributed by atoms with E-state index in [1.54, 1.807) is 11.8 Å². The molecule has 1 aromatic rings. The summed E-state index contributed by atoms with van der Waals surface area (Å²) in [6, 6.07) is 7.23. The molecule has 4 heteroatoms. The summed E-state index contributed by atoms with van der Waals surface area (Å²) in [7, 11) is 2.19. The Bertz CT molecular complexity index is 397. The summed E-state index contributed by atoms with van der Waals surface area (Å²) in [5.74, 6) is 0.640. The van der Waals surface area contributed by atoms with Crippen molar-refractivity contribution in [3.05, 3.63) is 28.2 Å². The highest BCUT2D eigenvalue weighted by molar-refractivity contribution is 9.10. The molecule has 2 N–H and O–H groups in total. The van der Waals surface area contributed by atoms with Crippen LogP contribution in [-0.2, 0) is 0 Å². The van der Waals surface area contributed by atoms with Crippen molar-refractivity contribution in [1.29, 1.82) is 0 Å². The molecule has 2 atom stereocenters. The summed E-state index contributed by atoms with van der Waals surface area (Å²) >= 11 is 5.39. The molecule has 0 aromatic heterocycles. The zero-order chi connectivity index (χ0) is 12.4. The number of hydrogen-bond acceptors (Lipinski definition) is 3. The number of benzene rings is 1. The van der Waals surface area contributed by atoms with Gasteiger partial charge in [0.05, 0.1) is 0 Å². The number of thioether (sulfide) groups is 1. The van der Waals surface area contributed by atoms with Crippen molar-refractivity contribution in [3.63, 3.8) is 0 Å². The highest BCUT2D eigenvalue weighted by Gasteiger charge is 2.29. The Balaban J connectivity index is 2.24. The van der Waals surface area contributed by atoms with Crippen LogP contribution in [0.4, 0.5) is 0 Å². The first-order chi connectivity index (χ1) is 8.13. The molecule has 17 heavy (non-hydrogen) atoms. The molecule has 1 aromatic carbocycles. The van der Waals surface area contributed by atoms with Crippen LogP contribution >= 0.6 is 27.7 Å². The fraction of sp³-hybridized carbons (Fsp3) is 0.538. The maximum atomic E-state index is 5.78. The molecule has 1 aliphatic heterocycles. The van der Waals surface area contributed by atoms with Crippen LogP contribution in [0.5, 0.6) is 0 Å². The monoisotopic (exact) mass is 314 g/mol. The second kappa shape index (κ2) is 5.74. The minimum absolute atomic E-state index is 0.520. The minimum Gasteiger partial charge on any atom is -0.330 e. The molecule has 0 amide bonds. The maximum absolute atomic E-state index is 5.78. The van der Waals surface area contributed by atoms with Gasteiger partial charge >= 0.3 is 0 Å². The molecule has 1 aliphatic rings. The number of nitrogens with zero attached hydrogens (tertiary/aromatic N) is 1. The molecule has 0 saturated carbocycles. The Hall–Kier alpha value is -0.0300. The first-order valence-corrected chi connectivity index (χ1v) is 7.90. The summed E-state index contributed by atoms with van der Waals surface area (Å²) in [6.07, 6.45) is 3.30. The molecule has 0 bridgehead atoms. The van der Waals surface area contributed by atoms with Gasteiger partial charge in [-0.15, -0.1) is 11.8 Å². The lowest BCUT2D eigenvalue weighted by molar-refractivity contribution is 0.313. The maximum Gasteiger partial charge on any atom is 0.0349 e. The fourth-order valence-corrected chi connectivity index (χ4v) is 3.72. The van der Waals surface area contributed by atoms with E-state index in [-0.39, 0.29) is 0 Å². The van der Waals surface area contributed by atoms with Crippen molar-refractivity contribution < 1.29 is 0 Å². The number of rotatable bonds is 3. The van der Waals surface area contributed by atoms with Gasteiger partial charge in [-0.1, -0.05) is 15.9 Å². The first-order valence-electron chi connectivity index (χ1n) is 5.88. The molecule has 1 saturated heterocycles. The lowest BCUT2D eigenvalue weighted by atomic mass is 10.00. The predicted octanol–water partition coefficient (Wildman–Crippen LogP) is 3.12. The van der Waals surface area contributed by atoms with Gasteiger partial charge in [-0.05, 0) is 55.9 Å². The Kier molecular flexibility index (Phi) is 4.53. The van der Waals surface area contributed by atoms with Crippen molar-refractivity contribution in [2.45, 2.75) is 17.4 Å². The second-order valence-corrected chi connectivity index (χ2v) is 6.51. The van der Waals surface area contributed by atoms with Crippen LogP contribution in [0.3, 0.4) is 0 Å². The van der Waals surface area contributed by atoms with Gasteiger partial charge in [0, 0.05) is 22.0 Å². The van der Waals surface area contributed by atoms with Gasteiger partial charge in [0.25, 0.3) is 0 Å². The molecular weight excluding hydrogens is 296 g/mol. The van der Waals surface area contributed by atoms with E-state index < -0.39 is 0 Å². The molecule has 0 radical (unpaired) electrons. The summed E-state index contributed by atoms with van der Waals surface area (Å²) < 4.78 is 1.17. The van der Waals surface area contributed by atoms with Crippen LogP contribution in [0.1, 0.15) is 18.0 Å². The number of nitrogens with two attached hydrogens (primary N) is 1. The van der Waals surface area contributed by atoms with E-state index in [2.05, 4.69) is 52.3 Å². The van der Waals surface area contributed by atoms with E-state index in [1.807, 2.05) is 0 Å². The van der Waals surface area contributed by atoms with Gasteiger partial charge in [-0.3, -0.25) is 4.90 Å². The van der Waals surface area contributed by atoms with Gasteiger partial charge in [0.1, 0.15) is 0 Å². The molecule has 1 fully saturated rings. The largest absolute Gasteiger partial charge is 0.330 e. The van der Waals surface area contributed by atoms with Crippen molar-refractivity contribution >= 4 is 27.7 Å². The molecule has 1 heterocycles. The number of hydrogen-bond donors (Lipinski definition) is 1. The van der Waals surface area contributed by atoms with E-state index in [0.717, 1.165) is 13.1 Å². The van der Waals surface area contributed by atoms with E-state index in [1.165, 1.54) is 21.4 Å². The molecule has 2 nitrogen and oxygen atoms in total. The van der Waals surface area contributed by atoms with Gasteiger partial charge < -0.3 is 5.73 Å². The Morgan fingerprint density at radius 1 is 1.47 bits per heavy atom. The minimum atomic E-state index is 0.520. The second-order valence-electron chi connectivity index (χ2n) is 4.72. The van der Waals surface area contributed by atoms with E-state index in [9.17, 15) is 0 Å². The average molecular weight is 315 g/mol. The summed E-state index contributed by atoms with van der Waals surface area (Å²) in [5.41, 5.74) is 7.19. The van der Waals surface area contributed by atoms with Gasteiger partial charge in [0.15, 0.2) is 0 Å². The Morgan fingerprint density at radius 3 is 2.82 bits per heavy atom. The third-order valence-corrected chi connectivity index (χ3v) is 4.65. The van der Waals surface area contributed by atoms with E-state index in [4.69, 9.17) is 5.73 Å². The van der Waals surface area contributed by atoms with Crippen LogP contribution in [0.2, 0.25) is 0 Å². The quantitative estimate of drug-likeness (QED) is 0.869. The van der Waals surface area contributed by atoms with E-state index >= 15 is 0 Å². The standard InChI is InChI=1S/C13H19BrN2S/c1-16-8-9(7-15)3-13(16)10-4-11(14)6-12(5-10)17-2/h4-6,9,13H,3,7-8,15H2,1-2H3. The normalized spacial score (nSPS) is 25.4. The Labute approximate surface area is 116 Å².